The zero-order valence-corrected chi connectivity index (χ0v) is 30.5. The number of carbonyl (C=O) groups is 1. The van der Waals surface area contributed by atoms with Gasteiger partial charge in [0.15, 0.2) is 0 Å². The molecule has 1 amide bonds. The van der Waals surface area contributed by atoms with Crippen molar-refractivity contribution >= 4 is 21.6 Å². The number of anilines is 1. The number of ether oxygens (including phenoxy) is 3. The predicted octanol–water partition coefficient (Wildman–Crippen LogP) is 6.44. The fraction of sp³-hybridized carbons (Fsp3) is 0.486. The van der Waals surface area contributed by atoms with Crippen molar-refractivity contribution in [3.05, 3.63) is 83.4 Å². The van der Waals surface area contributed by atoms with Crippen LogP contribution < -0.4 is 14.2 Å². The van der Waals surface area contributed by atoms with E-state index in [0.717, 1.165) is 25.0 Å². The molecule has 4 rings (SSSR count). The molecule has 0 radical (unpaired) electrons. The molecule has 0 aliphatic carbocycles. The first kappa shape index (κ1) is 39.9. The van der Waals surface area contributed by atoms with Gasteiger partial charge >= 0.3 is 6.18 Å². The largest absolute Gasteiger partial charge is 0.497 e. The van der Waals surface area contributed by atoms with Crippen LogP contribution in [0, 0.1) is 5.92 Å². The van der Waals surface area contributed by atoms with Crippen molar-refractivity contribution in [1.29, 1.82) is 0 Å². The van der Waals surface area contributed by atoms with E-state index >= 15 is 0 Å². The highest BCUT2D eigenvalue weighted by Gasteiger charge is 2.32. The summed E-state index contributed by atoms with van der Waals surface area (Å²) in [4.78, 5) is 17.9. The lowest BCUT2D eigenvalue weighted by Crippen LogP contribution is -2.47. The number of halogens is 3. The second kappa shape index (κ2) is 17.6. The molecule has 0 unspecified atom stereocenters. The number of benzene rings is 3. The standard InChI is InChI=1S/C37H48F3N3O7S/c1-25-21-43(26(2)24-44)36(45)33-20-30(41-51(46,47)32-16-14-31(48-5)15-17-32)13-18-34(33)50-27(3)8-6-7-19-49-35(25)23-42(4)22-28-9-11-29(12-10-28)37(38,39)40/h9-18,20,25-27,35,41,44H,6-8,19,21-24H2,1-5H3/t25-,26-,27+,35+/m1/s1. The Bertz CT molecular complexity index is 1690. The Balaban J connectivity index is 1.61. The summed E-state index contributed by atoms with van der Waals surface area (Å²) >= 11 is 0. The van der Waals surface area contributed by atoms with Gasteiger partial charge < -0.3 is 24.2 Å². The highest BCUT2D eigenvalue weighted by molar-refractivity contribution is 7.92. The van der Waals surface area contributed by atoms with Gasteiger partial charge in [0.05, 0.1) is 48.0 Å². The van der Waals surface area contributed by atoms with Crippen molar-refractivity contribution < 1.29 is 45.7 Å². The first-order valence-electron chi connectivity index (χ1n) is 17.0. The van der Waals surface area contributed by atoms with Gasteiger partial charge in [-0.15, -0.1) is 0 Å². The smallest absolute Gasteiger partial charge is 0.416 e. The second-order valence-corrected chi connectivity index (χ2v) is 14.9. The number of methoxy groups -OCH3 is 1. The minimum atomic E-state index is -4.41. The first-order valence-corrected chi connectivity index (χ1v) is 18.4. The fourth-order valence-corrected chi connectivity index (χ4v) is 6.95. The number of amides is 1. The van der Waals surface area contributed by atoms with E-state index in [1.54, 1.807) is 19.1 Å². The molecule has 0 saturated carbocycles. The lowest BCUT2D eigenvalue weighted by atomic mass is 10.0. The van der Waals surface area contributed by atoms with Crippen LogP contribution in [0.15, 0.2) is 71.6 Å². The van der Waals surface area contributed by atoms with Crippen molar-refractivity contribution in [2.24, 2.45) is 5.92 Å². The summed E-state index contributed by atoms with van der Waals surface area (Å²) in [7, 11) is -0.672. The number of likely N-dealkylation sites (N-methyl/N-ethyl adjacent to an activating group) is 1. The molecular weight excluding hydrogens is 687 g/mol. The van der Waals surface area contributed by atoms with Crippen LogP contribution in [0.4, 0.5) is 18.9 Å². The third-order valence-corrected chi connectivity index (χ3v) is 10.3. The van der Waals surface area contributed by atoms with Crippen LogP contribution in [0.2, 0.25) is 0 Å². The molecule has 0 saturated heterocycles. The van der Waals surface area contributed by atoms with E-state index in [9.17, 15) is 31.5 Å². The SMILES string of the molecule is COc1ccc(S(=O)(=O)Nc2ccc3c(c2)C(=O)N([C@H](C)CO)C[C@@H](C)[C@H](CN(C)Cc2ccc(C(F)(F)F)cc2)OCCCC[C@H](C)O3)cc1. The molecule has 1 aliphatic rings. The number of aliphatic hydroxyl groups is 1. The number of fused-ring (bicyclic) bond motifs is 1. The van der Waals surface area contributed by atoms with Crippen molar-refractivity contribution in [3.63, 3.8) is 0 Å². The predicted molar refractivity (Wildman–Crippen MR) is 188 cm³/mol. The maximum absolute atomic E-state index is 14.4. The summed E-state index contributed by atoms with van der Waals surface area (Å²) in [5.74, 6) is 0.109. The maximum Gasteiger partial charge on any atom is 0.416 e. The molecule has 0 fully saturated rings. The Morgan fingerprint density at radius 2 is 1.75 bits per heavy atom. The zero-order chi connectivity index (χ0) is 37.3. The van der Waals surface area contributed by atoms with Gasteiger partial charge in [0.1, 0.15) is 11.5 Å². The van der Waals surface area contributed by atoms with Gasteiger partial charge in [0.25, 0.3) is 15.9 Å². The van der Waals surface area contributed by atoms with Crippen molar-refractivity contribution in [3.8, 4) is 11.5 Å². The number of rotatable bonds is 10. The number of hydrogen-bond donors (Lipinski definition) is 2. The van der Waals surface area contributed by atoms with E-state index < -0.39 is 33.7 Å². The number of nitrogens with one attached hydrogen (secondary N) is 1. The number of alkyl halides is 3. The van der Waals surface area contributed by atoms with Gasteiger partial charge in [-0.05, 0) is 100 Å². The molecule has 51 heavy (non-hydrogen) atoms. The molecule has 0 spiro atoms. The third kappa shape index (κ3) is 11.1. The van der Waals surface area contributed by atoms with Crippen molar-refractivity contribution in [1.82, 2.24) is 9.80 Å². The number of aliphatic hydroxyl groups excluding tert-OH is 1. The Morgan fingerprint density at radius 1 is 1.06 bits per heavy atom. The maximum atomic E-state index is 14.4. The van der Waals surface area contributed by atoms with Crippen LogP contribution in [0.1, 0.15) is 61.5 Å². The number of nitrogens with zero attached hydrogens (tertiary/aromatic N) is 2. The van der Waals surface area contributed by atoms with E-state index in [4.69, 9.17) is 14.2 Å². The monoisotopic (exact) mass is 735 g/mol. The summed E-state index contributed by atoms with van der Waals surface area (Å²) in [5.41, 5.74) is 0.306. The highest BCUT2D eigenvalue weighted by Crippen LogP contribution is 2.31. The van der Waals surface area contributed by atoms with Gasteiger partial charge in [-0.2, -0.15) is 13.2 Å². The van der Waals surface area contributed by atoms with Gasteiger partial charge in [0, 0.05) is 37.8 Å². The normalized spacial score (nSPS) is 20.2. The summed E-state index contributed by atoms with van der Waals surface area (Å²) in [6, 6.07) is 14.9. The Morgan fingerprint density at radius 3 is 2.37 bits per heavy atom. The molecule has 3 aromatic rings. The van der Waals surface area contributed by atoms with Crippen LogP contribution in [0.3, 0.4) is 0 Å². The molecule has 1 heterocycles. The quantitative estimate of drug-likeness (QED) is 0.245. The lowest BCUT2D eigenvalue weighted by molar-refractivity contribution is -0.137. The summed E-state index contributed by atoms with van der Waals surface area (Å²) in [6.45, 7) is 6.73. The Hall–Kier alpha value is -3.85. The average Bonchev–Trinajstić information content (AvgIpc) is 3.09. The van der Waals surface area contributed by atoms with E-state index in [1.165, 1.54) is 54.5 Å². The van der Waals surface area contributed by atoms with E-state index in [1.807, 2.05) is 25.8 Å². The molecule has 2 N–H and O–H groups in total. The topological polar surface area (TPSA) is 118 Å². The molecule has 0 aromatic heterocycles. The van der Waals surface area contributed by atoms with Gasteiger partial charge in [-0.3, -0.25) is 14.4 Å². The van der Waals surface area contributed by atoms with Crippen molar-refractivity contribution in [2.75, 3.05) is 45.2 Å². The lowest BCUT2D eigenvalue weighted by Gasteiger charge is -2.36. The van der Waals surface area contributed by atoms with Gasteiger partial charge in [-0.1, -0.05) is 19.1 Å². The van der Waals surface area contributed by atoms with Crippen LogP contribution in [0.5, 0.6) is 11.5 Å². The summed E-state index contributed by atoms with van der Waals surface area (Å²) in [5, 5.41) is 10.2. The molecule has 280 valence electrons. The van der Waals surface area contributed by atoms with Crippen LogP contribution in [0.25, 0.3) is 0 Å². The van der Waals surface area contributed by atoms with Crippen molar-refractivity contribution in [2.45, 2.75) is 75.9 Å². The van der Waals surface area contributed by atoms with E-state index in [2.05, 4.69) is 4.72 Å². The minimum Gasteiger partial charge on any atom is -0.497 e. The Kier molecular flexibility index (Phi) is 13.8. The molecule has 4 atom stereocenters. The van der Waals surface area contributed by atoms with E-state index in [-0.39, 0.29) is 47.4 Å². The number of sulfonamides is 1. The first-order chi connectivity index (χ1) is 24.1. The van der Waals surface area contributed by atoms with E-state index in [0.29, 0.717) is 43.2 Å². The van der Waals surface area contributed by atoms with Crippen LogP contribution in [-0.4, -0.2) is 87.9 Å². The molecule has 0 bridgehead atoms. The average molecular weight is 736 g/mol. The number of carbonyl (C=O) groups excluding carboxylic acids is 1. The fourth-order valence-electron chi connectivity index (χ4n) is 5.90. The summed E-state index contributed by atoms with van der Waals surface area (Å²) in [6.07, 6.45) is -2.81. The van der Waals surface area contributed by atoms with Crippen LogP contribution >= 0.6 is 0 Å². The second-order valence-electron chi connectivity index (χ2n) is 13.2. The number of hydrogen-bond acceptors (Lipinski definition) is 8. The molecule has 1 aliphatic heterocycles. The van der Waals surface area contributed by atoms with Crippen LogP contribution in [-0.2, 0) is 27.5 Å². The highest BCUT2D eigenvalue weighted by atomic mass is 32.2. The molecule has 3 aromatic carbocycles. The Labute approximate surface area is 298 Å². The zero-order valence-electron chi connectivity index (χ0n) is 29.7. The van der Waals surface area contributed by atoms with Gasteiger partial charge in [-0.25, -0.2) is 8.42 Å². The summed E-state index contributed by atoms with van der Waals surface area (Å²) < 4.78 is 86.1. The molecule has 10 nitrogen and oxygen atoms in total. The molecule has 14 heteroatoms. The van der Waals surface area contributed by atoms with Gasteiger partial charge in [0.2, 0.25) is 0 Å². The minimum absolute atomic E-state index is 0.0123. The third-order valence-electron chi connectivity index (χ3n) is 8.90. The molecular formula is C37H48F3N3O7S.